The van der Waals surface area contributed by atoms with E-state index >= 15 is 0 Å². The Labute approximate surface area is 192 Å². The van der Waals surface area contributed by atoms with Crippen molar-refractivity contribution in [1.82, 2.24) is 25.0 Å². The molecular weight excluding hydrogens is 501 g/mol. The molecule has 0 amide bonds. The molecule has 0 spiro atoms. The third-order valence-corrected chi connectivity index (χ3v) is 5.17. The van der Waals surface area contributed by atoms with Gasteiger partial charge in [0.25, 0.3) is 0 Å². The first-order valence-corrected chi connectivity index (χ1v) is 9.86. The lowest BCUT2D eigenvalue weighted by Gasteiger charge is -2.20. The van der Waals surface area contributed by atoms with Crippen LogP contribution in [0.5, 0.6) is 0 Å². The van der Waals surface area contributed by atoms with E-state index in [4.69, 9.17) is 11.6 Å². The van der Waals surface area contributed by atoms with Gasteiger partial charge in [0.05, 0.1) is 10.7 Å². The summed E-state index contributed by atoms with van der Waals surface area (Å²) in [6, 6.07) is 10.1. The van der Waals surface area contributed by atoms with Gasteiger partial charge in [0, 0.05) is 57.7 Å². The van der Waals surface area contributed by atoms with Crippen LogP contribution in [0.15, 0.2) is 53.9 Å². The first-order chi connectivity index (χ1) is 13.7. The Morgan fingerprint density at radius 3 is 3.00 bits per heavy atom. The van der Waals surface area contributed by atoms with Crippen LogP contribution < -0.4 is 15.5 Å². The number of pyridine rings is 2. The van der Waals surface area contributed by atoms with E-state index in [9.17, 15) is 0 Å². The van der Waals surface area contributed by atoms with Gasteiger partial charge in [-0.05, 0) is 30.7 Å². The minimum Gasteiger partial charge on any atom is -0.356 e. The van der Waals surface area contributed by atoms with Crippen molar-refractivity contribution < 1.29 is 0 Å². The van der Waals surface area contributed by atoms with E-state index in [1.165, 1.54) is 0 Å². The van der Waals surface area contributed by atoms with Crippen molar-refractivity contribution in [3.63, 3.8) is 0 Å². The maximum Gasteiger partial charge on any atom is 0.191 e. The zero-order chi connectivity index (χ0) is 19.3. The molecule has 3 aromatic rings. The molecule has 0 bridgehead atoms. The number of rotatable bonds is 5. The lowest BCUT2D eigenvalue weighted by Crippen LogP contribution is -2.45. The third kappa shape index (κ3) is 5.30. The zero-order valence-corrected chi connectivity index (χ0v) is 19.3. The van der Waals surface area contributed by atoms with Gasteiger partial charge < -0.3 is 19.9 Å². The van der Waals surface area contributed by atoms with Gasteiger partial charge in [-0.25, -0.2) is 9.97 Å². The summed E-state index contributed by atoms with van der Waals surface area (Å²) in [7, 11) is 1.79. The van der Waals surface area contributed by atoms with E-state index in [0.29, 0.717) is 11.1 Å². The summed E-state index contributed by atoms with van der Waals surface area (Å²) in [6.07, 6.45) is 7.71. The van der Waals surface area contributed by atoms with Crippen molar-refractivity contribution in [2.45, 2.75) is 18.9 Å². The molecule has 0 aromatic carbocycles. The van der Waals surface area contributed by atoms with Crippen LogP contribution in [-0.2, 0) is 6.42 Å². The van der Waals surface area contributed by atoms with Crippen LogP contribution in [0.4, 0.5) is 5.82 Å². The summed E-state index contributed by atoms with van der Waals surface area (Å²) < 4.78 is 2.04. The highest BCUT2D eigenvalue weighted by Gasteiger charge is 2.25. The van der Waals surface area contributed by atoms with E-state index < -0.39 is 0 Å². The molecule has 1 aliphatic rings. The summed E-state index contributed by atoms with van der Waals surface area (Å²) in [4.78, 5) is 15.6. The molecule has 0 radical (unpaired) electrons. The minimum absolute atomic E-state index is 0. The summed E-state index contributed by atoms with van der Waals surface area (Å²) in [5, 5.41) is 7.58. The normalized spacial score (nSPS) is 16.7. The molecule has 2 N–H and O–H groups in total. The van der Waals surface area contributed by atoms with Gasteiger partial charge in [0.15, 0.2) is 5.96 Å². The molecule has 29 heavy (non-hydrogen) atoms. The van der Waals surface area contributed by atoms with Crippen molar-refractivity contribution in [3.8, 4) is 0 Å². The van der Waals surface area contributed by atoms with E-state index in [0.717, 1.165) is 55.6 Å². The highest BCUT2D eigenvalue weighted by Crippen LogP contribution is 2.25. The molecule has 0 aliphatic carbocycles. The van der Waals surface area contributed by atoms with Gasteiger partial charge >= 0.3 is 0 Å². The van der Waals surface area contributed by atoms with Crippen molar-refractivity contribution in [2.75, 3.05) is 31.6 Å². The van der Waals surface area contributed by atoms with Crippen LogP contribution in [-0.4, -0.2) is 53.1 Å². The standard InChI is InChI=1S/C20H24ClN7.HI/c1-22-20(24-10-7-15-13-27-11-3-2-6-18(27)25-15)26-16-8-12-28(14-16)19-17(21)5-4-9-23-19;/h2-6,9,11,13,16H,7-8,10,12,14H2,1H3,(H2,22,24,26);1H. The van der Waals surface area contributed by atoms with Gasteiger partial charge in [0.2, 0.25) is 0 Å². The Hall–Kier alpha value is -2.07. The number of nitrogens with one attached hydrogen (secondary N) is 2. The number of imidazole rings is 1. The van der Waals surface area contributed by atoms with Gasteiger partial charge in [-0.2, -0.15) is 0 Å². The maximum absolute atomic E-state index is 6.27. The second-order valence-electron chi connectivity index (χ2n) is 6.83. The molecule has 9 heteroatoms. The van der Waals surface area contributed by atoms with E-state index in [2.05, 4.69) is 36.7 Å². The van der Waals surface area contributed by atoms with Crippen LogP contribution in [0.25, 0.3) is 5.65 Å². The van der Waals surface area contributed by atoms with Crippen LogP contribution in [0.2, 0.25) is 5.02 Å². The zero-order valence-electron chi connectivity index (χ0n) is 16.3. The first-order valence-electron chi connectivity index (χ1n) is 9.48. The smallest absolute Gasteiger partial charge is 0.191 e. The number of halogens is 2. The van der Waals surface area contributed by atoms with Crippen molar-refractivity contribution in [3.05, 3.63) is 59.6 Å². The maximum atomic E-state index is 6.27. The average molecular weight is 526 g/mol. The molecule has 1 saturated heterocycles. The summed E-state index contributed by atoms with van der Waals surface area (Å²) in [6.45, 7) is 2.54. The number of fused-ring (bicyclic) bond motifs is 1. The number of hydrogen-bond acceptors (Lipinski definition) is 4. The molecule has 1 aliphatic heterocycles. The van der Waals surface area contributed by atoms with Crippen LogP contribution in [0, 0.1) is 0 Å². The predicted molar refractivity (Wildman–Crippen MR) is 129 cm³/mol. The molecule has 1 unspecified atom stereocenters. The second-order valence-corrected chi connectivity index (χ2v) is 7.24. The van der Waals surface area contributed by atoms with Crippen molar-refractivity contribution >= 4 is 53.0 Å². The minimum atomic E-state index is 0. The lowest BCUT2D eigenvalue weighted by atomic mass is 10.3. The van der Waals surface area contributed by atoms with E-state index in [-0.39, 0.29) is 24.0 Å². The van der Waals surface area contributed by atoms with Gasteiger partial charge in [-0.3, -0.25) is 4.99 Å². The fourth-order valence-electron chi connectivity index (χ4n) is 3.49. The quantitative estimate of drug-likeness (QED) is 0.305. The van der Waals surface area contributed by atoms with Crippen molar-refractivity contribution in [1.29, 1.82) is 0 Å². The fraction of sp³-hybridized carbons (Fsp3) is 0.350. The van der Waals surface area contributed by atoms with Crippen molar-refractivity contribution in [2.24, 2.45) is 4.99 Å². The highest BCUT2D eigenvalue weighted by molar-refractivity contribution is 14.0. The monoisotopic (exact) mass is 525 g/mol. The molecule has 1 atom stereocenters. The van der Waals surface area contributed by atoms with Gasteiger partial charge in [0.1, 0.15) is 11.5 Å². The molecular formula is C20H25ClIN7. The Kier molecular flexibility index (Phi) is 7.54. The number of nitrogens with zero attached hydrogens (tertiary/aromatic N) is 5. The molecule has 4 rings (SSSR count). The Bertz CT molecular complexity index is 941. The first kappa shape index (κ1) is 21.6. The molecule has 1 fully saturated rings. The number of hydrogen-bond donors (Lipinski definition) is 2. The predicted octanol–water partition coefficient (Wildman–Crippen LogP) is 2.99. The van der Waals surface area contributed by atoms with Crippen LogP contribution in [0.3, 0.4) is 0 Å². The molecule has 154 valence electrons. The molecule has 0 saturated carbocycles. The molecule has 7 nitrogen and oxygen atoms in total. The molecule has 4 heterocycles. The second kappa shape index (κ2) is 10.1. The topological polar surface area (TPSA) is 69.8 Å². The lowest BCUT2D eigenvalue weighted by molar-refractivity contribution is 0.647. The van der Waals surface area contributed by atoms with E-state index in [1.54, 1.807) is 13.2 Å². The summed E-state index contributed by atoms with van der Waals surface area (Å²) >= 11 is 6.27. The summed E-state index contributed by atoms with van der Waals surface area (Å²) in [5.74, 6) is 1.66. The SMILES string of the molecule is CN=C(NCCc1cn2ccccc2n1)NC1CCN(c2ncccc2Cl)C1.I. The summed E-state index contributed by atoms with van der Waals surface area (Å²) in [5.41, 5.74) is 2.03. The Morgan fingerprint density at radius 2 is 2.21 bits per heavy atom. The fourth-order valence-corrected chi connectivity index (χ4v) is 3.73. The van der Waals surface area contributed by atoms with Gasteiger partial charge in [-0.1, -0.05) is 17.7 Å². The average Bonchev–Trinajstić information content (AvgIpc) is 3.34. The Morgan fingerprint density at radius 1 is 1.31 bits per heavy atom. The van der Waals surface area contributed by atoms with Crippen LogP contribution in [0.1, 0.15) is 12.1 Å². The highest BCUT2D eigenvalue weighted by atomic mass is 127. The van der Waals surface area contributed by atoms with E-state index in [1.807, 2.05) is 40.9 Å². The largest absolute Gasteiger partial charge is 0.356 e. The number of aromatic nitrogens is 3. The Balaban J connectivity index is 0.00000240. The number of aliphatic imine (C=N–C) groups is 1. The van der Waals surface area contributed by atoms with Gasteiger partial charge in [-0.15, -0.1) is 24.0 Å². The number of guanidine groups is 1. The van der Waals surface area contributed by atoms with Crippen LogP contribution >= 0.6 is 35.6 Å². The number of anilines is 1. The third-order valence-electron chi connectivity index (χ3n) is 4.88. The molecule has 3 aromatic heterocycles.